The molecule has 2 aromatic rings. The van der Waals surface area contributed by atoms with Gasteiger partial charge in [-0.1, -0.05) is 26.0 Å². The molecule has 0 saturated carbocycles. The van der Waals surface area contributed by atoms with Gasteiger partial charge in [0.15, 0.2) is 0 Å². The minimum Gasteiger partial charge on any atom is -0.460 e. The Morgan fingerprint density at radius 2 is 1.14 bits per heavy atom. The summed E-state index contributed by atoms with van der Waals surface area (Å²) in [7, 11) is 0. The maximum Gasteiger partial charge on any atom is 0.338 e. The summed E-state index contributed by atoms with van der Waals surface area (Å²) in [6.07, 6.45) is 2.01. The second kappa shape index (κ2) is 12.1. The smallest absolute Gasteiger partial charge is 0.338 e. The summed E-state index contributed by atoms with van der Waals surface area (Å²) in [5.74, 6) is -0.853. The molecule has 0 N–H and O–H groups in total. The van der Waals surface area contributed by atoms with Crippen molar-refractivity contribution in [3.8, 4) is 0 Å². The van der Waals surface area contributed by atoms with Gasteiger partial charge in [0.2, 0.25) is 0 Å². The Hall–Kier alpha value is -2.52. The third-order valence-corrected chi connectivity index (χ3v) is 7.18. The SMILES string of the molecule is CCC1(COCCOC(=O)c2ccc3ccc(C(=O)OCCOCC4(CC)COC4)cc3c2)COC1. The molecule has 0 unspecified atom stereocenters. The summed E-state index contributed by atoms with van der Waals surface area (Å²) in [5, 5.41) is 1.67. The summed E-state index contributed by atoms with van der Waals surface area (Å²) in [6.45, 7) is 9.39. The second-order valence-corrected chi connectivity index (χ2v) is 9.85. The van der Waals surface area contributed by atoms with E-state index < -0.39 is 11.9 Å². The third kappa shape index (κ3) is 6.42. The van der Waals surface area contributed by atoms with Gasteiger partial charge in [-0.3, -0.25) is 0 Å². The summed E-state index contributed by atoms with van der Waals surface area (Å²) in [4.78, 5) is 25.0. The topological polar surface area (TPSA) is 89.5 Å². The lowest BCUT2D eigenvalue weighted by Gasteiger charge is -2.40. The van der Waals surface area contributed by atoms with Crippen LogP contribution in [0.25, 0.3) is 10.8 Å². The number of carbonyl (C=O) groups is 2. The van der Waals surface area contributed by atoms with Crippen LogP contribution < -0.4 is 0 Å². The molecule has 8 heteroatoms. The van der Waals surface area contributed by atoms with Crippen LogP contribution in [0.5, 0.6) is 0 Å². The first-order chi connectivity index (χ1) is 17.5. The lowest BCUT2D eigenvalue weighted by molar-refractivity contribution is -0.151. The van der Waals surface area contributed by atoms with Crippen molar-refractivity contribution in [3.05, 3.63) is 47.5 Å². The monoisotopic (exact) mass is 500 g/mol. The molecule has 0 radical (unpaired) electrons. The van der Waals surface area contributed by atoms with E-state index in [1.165, 1.54) is 0 Å². The van der Waals surface area contributed by atoms with Crippen LogP contribution in [0.1, 0.15) is 47.4 Å². The number of fused-ring (bicyclic) bond motifs is 1. The summed E-state index contributed by atoms with van der Waals surface area (Å²) in [5.41, 5.74) is 1.06. The number of hydrogen-bond acceptors (Lipinski definition) is 8. The maximum absolute atomic E-state index is 12.5. The van der Waals surface area contributed by atoms with Crippen molar-refractivity contribution in [2.45, 2.75) is 26.7 Å². The third-order valence-electron chi connectivity index (χ3n) is 7.18. The number of hydrogen-bond donors (Lipinski definition) is 0. The lowest BCUT2D eigenvalue weighted by Crippen LogP contribution is -2.45. The second-order valence-electron chi connectivity index (χ2n) is 9.85. The van der Waals surface area contributed by atoms with Crippen LogP contribution in [0.3, 0.4) is 0 Å². The first kappa shape index (κ1) is 26.5. The number of esters is 2. The molecule has 2 aliphatic rings. The molecule has 0 atom stereocenters. The number of ether oxygens (including phenoxy) is 6. The van der Waals surface area contributed by atoms with E-state index in [4.69, 9.17) is 28.4 Å². The average molecular weight is 501 g/mol. The molecule has 4 rings (SSSR count). The fraction of sp³-hybridized carbons (Fsp3) is 0.571. The molecule has 0 aromatic heterocycles. The lowest BCUT2D eigenvalue weighted by atomic mass is 9.84. The van der Waals surface area contributed by atoms with E-state index >= 15 is 0 Å². The Labute approximate surface area is 212 Å². The first-order valence-electron chi connectivity index (χ1n) is 12.7. The van der Waals surface area contributed by atoms with Crippen LogP contribution >= 0.6 is 0 Å². The zero-order valence-corrected chi connectivity index (χ0v) is 21.2. The van der Waals surface area contributed by atoms with E-state index in [1.54, 1.807) is 24.3 Å². The van der Waals surface area contributed by atoms with E-state index in [-0.39, 0.29) is 24.0 Å². The van der Waals surface area contributed by atoms with Crippen molar-refractivity contribution < 1.29 is 38.0 Å². The van der Waals surface area contributed by atoms with Crippen LogP contribution in [-0.4, -0.2) is 78.0 Å². The Morgan fingerprint density at radius 3 is 1.50 bits per heavy atom. The van der Waals surface area contributed by atoms with Gasteiger partial charge in [0.1, 0.15) is 13.2 Å². The molecule has 196 valence electrons. The van der Waals surface area contributed by atoms with Crippen LogP contribution in [0.4, 0.5) is 0 Å². The Balaban J connectivity index is 1.22. The van der Waals surface area contributed by atoms with Gasteiger partial charge in [-0.25, -0.2) is 9.59 Å². The summed E-state index contributed by atoms with van der Waals surface area (Å²) < 4.78 is 32.7. The van der Waals surface area contributed by atoms with Crippen molar-refractivity contribution in [3.63, 3.8) is 0 Å². The molecular weight excluding hydrogens is 464 g/mol. The zero-order chi connectivity index (χ0) is 25.4. The molecular formula is C28H36O8. The fourth-order valence-corrected chi connectivity index (χ4v) is 4.19. The maximum atomic E-state index is 12.5. The number of carbonyl (C=O) groups excluding carboxylic acids is 2. The standard InChI is InChI=1S/C28H36O8/c1-3-27(17-33-18-27)15-31-9-11-35-25(29)22-7-5-21-6-8-23(14-24(21)13-22)26(30)36-12-10-32-16-28(4-2)19-34-20-28/h5-8,13-14H,3-4,9-12,15-20H2,1-2H3. The molecule has 36 heavy (non-hydrogen) atoms. The van der Waals surface area contributed by atoms with Crippen molar-refractivity contribution in [2.24, 2.45) is 10.8 Å². The molecule has 2 saturated heterocycles. The molecule has 0 amide bonds. The minimum absolute atomic E-state index is 0.109. The molecule has 2 heterocycles. The Kier molecular flexibility index (Phi) is 8.95. The van der Waals surface area contributed by atoms with Crippen molar-refractivity contribution in [2.75, 3.05) is 66.1 Å². The highest BCUT2D eigenvalue weighted by molar-refractivity contribution is 5.99. The Morgan fingerprint density at radius 1 is 0.694 bits per heavy atom. The van der Waals surface area contributed by atoms with Gasteiger partial charge in [-0.2, -0.15) is 0 Å². The normalized spacial score (nSPS) is 17.7. The molecule has 8 nitrogen and oxygen atoms in total. The van der Waals surface area contributed by atoms with Crippen LogP contribution in [0, 0.1) is 10.8 Å². The van der Waals surface area contributed by atoms with E-state index in [2.05, 4.69) is 13.8 Å². The molecule has 2 fully saturated rings. The number of benzene rings is 2. The van der Waals surface area contributed by atoms with E-state index in [1.807, 2.05) is 12.1 Å². The highest BCUT2D eigenvalue weighted by Gasteiger charge is 2.37. The van der Waals surface area contributed by atoms with Gasteiger partial charge in [-0.15, -0.1) is 0 Å². The van der Waals surface area contributed by atoms with Crippen molar-refractivity contribution in [1.82, 2.24) is 0 Å². The molecule has 2 aliphatic heterocycles. The summed E-state index contributed by atoms with van der Waals surface area (Å²) in [6, 6.07) is 10.5. The largest absolute Gasteiger partial charge is 0.460 e. The predicted molar refractivity (Wildman–Crippen MR) is 133 cm³/mol. The van der Waals surface area contributed by atoms with Gasteiger partial charge in [0.05, 0.1) is 64.0 Å². The molecule has 0 aliphatic carbocycles. The summed E-state index contributed by atoms with van der Waals surface area (Å²) >= 11 is 0. The first-order valence-corrected chi connectivity index (χ1v) is 12.7. The van der Waals surface area contributed by atoms with Gasteiger partial charge in [-0.05, 0) is 47.9 Å². The minimum atomic E-state index is -0.426. The zero-order valence-electron chi connectivity index (χ0n) is 21.2. The van der Waals surface area contributed by atoms with E-state index in [0.29, 0.717) is 37.6 Å². The predicted octanol–water partition coefficient (Wildman–Crippen LogP) is 4.04. The highest BCUT2D eigenvalue weighted by Crippen LogP contribution is 2.32. The van der Waals surface area contributed by atoms with Crippen LogP contribution in [0.15, 0.2) is 36.4 Å². The average Bonchev–Trinajstić information content (AvgIpc) is 2.85. The van der Waals surface area contributed by atoms with Gasteiger partial charge >= 0.3 is 11.9 Å². The van der Waals surface area contributed by atoms with Gasteiger partial charge < -0.3 is 28.4 Å². The van der Waals surface area contributed by atoms with Gasteiger partial charge in [0, 0.05) is 10.8 Å². The van der Waals surface area contributed by atoms with E-state index in [0.717, 1.165) is 50.0 Å². The van der Waals surface area contributed by atoms with E-state index in [9.17, 15) is 9.59 Å². The van der Waals surface area contributed by atoms with Crippen molar-refractivity contribution in [1.29, 1.82) is 0 Å². The highest BCUT2D eigenvalue weighted by atomic mass is 16.6. The molecule has 0 bridgehead atoms. The van der Waals surface area contributed by atoms with Crippen molar-refractivity contribution >= 4 is 22.7 Å². The van der Waals surface area contributed by atoms with Crippen LogP contribution in [-0.2, 0) is 28.4 Å². The number of rotatable bonds is 14. The quantitative estimate of drug-likeness (QED) is 0.284. The molecule has 2 aromatic carbocycles. The van der Waals surface area contributed by atoms with Crippen LogP contribution in [0.2, 0.25) is 0 Å². The fourth-order valence-electron chi connectivity index (χ4n) is 4.19. The Bertz CT molecular complexity index is 951. The molecule has 0 spiro atoms. The van der Waals surface area contributed by atoms with Gasteiger partial charge in [0.25, 0.3) is 0 Å².